The third-order valence-electron chi connectivity index (χ3n) is 2.73. The van der Waals surface area contributed by atoms with Gasteiger partial charge in [-0.1, -0.05) is 36.7 Å². The van der Waals surface area contributed by atoms with E-state index in [1.165, 1.54) is 5.56 Å². The van der Waals surface area contributed by atoms with Crippen molar-refractivity contribution < 1.29 is 0 Å². The molecule has 84 valence electrons. The molecule has 0 amide bonds. The summed E-state index contributed by atoms with van der Waals surface area (Å²) in [6.07, 6.45) is 0. The van der Waals surface area contributed by atoms with Gasteiger partial charge in [-0.2, -0.15) is 0 Å². The zero-order valence-corrected chi connectivity index (χ0v) is 10.2. The smallest absolute Gasteiger partial charge is 0.0453 e. The van der Waals surface area contributed by atoms with Crippen molar-refractivity contribution in [3.05, 3.63) is 34.9 Å². The van der Waals surface area contributed by atoms with Crippen molar-refractivity contribution in [2.24, 2.45) is 5.73 Å². The van der Waals surface area contributed by atoms with Crippen molar-refractivity contribution in [2.45, 2.75) is 19.9 Å². The first kappa shape index (κ1) is 12.5. The molecule has 0 saturated carbocycles. The lowest BCUT2D eigenvalue weighted by atomic mass is 10.1. The maximum absolute atomic E-state index is 6.16. The highest BCUT2D eigenvalue weighted by molar-refractivity contribution is 6.31. The van der Waals surface area contributed by atoms with E-state index in [1.807, 2.05) is 18.2 Å². The molecule has 0 fully saturated rings. The second-order valence-corrected chi connectivity index (χ2v) is 4.02. The predicted molar refractivity (Wildman–Crippen MR) is 66.2 cm³/mol. The fourth-order valence-electron chi connectivity index (χ4n) is 1.80. The summed E-state index contributed by atoms with van der Waals surface area (Å²) in [5.41, 5.74) is 6.76. The Bertz CT molecular complexity index is 301. The van der Waals surface area contributed by atoms with Crippen molar-refractivity contribution >= 4 is 11.6 Å². The van der Waals surface area contributed by atoms with Gasteiger partial charge in [-0.15, -0.1) is 0 Å². The van der Waals surface area contributed by atoms with Gasteiger partial charge in [0.15, 0.2) is 0 Å². The van der Waals surface area contributed by atoms with Crippen molar-refractivity contribution in [1.29, 1.82) is 0 Å². The minimum atomic E-state index is 0.326. The van der Waals surface area contributed by atoms with Gasteiger partial charge in [0.25, 0.3) is 0 Å². The summed E-state index contributed by atoms with van der Waals surface area (Å²) in [6.45, 7) is 6.89. The molecule has 1 aromatic rings. The van der Waals surface area contributed by atoms with Crippen LogP contribution in [0.3, 0.4) is 0 Å². The molecule has 1 aromatic carbocycles. The van der Waals surface area contributed by atoms with Gasteiger partial charge in [-0.05, 0) is 25.1 Å². The van der Waals surface area contributed by atoms with E-state index >= 15 is 0 Å². The highest BCUT2D eigenvalue weighted by Gasteiger charge is 2.15. The van der Waals surface area contributed by atoms with Gasteiger partial charge in [0.2, 0.25) is 0 Å². The normalized spacial score (nSPS) is 13.1. The van der Waals surface area contributed by atoms with E-state index < -0.39 is 0 Å². The van der Waals surface area contributed by atoms with E-state index in [1.54, 1.807) is 0 Å². The Morgan fingerprint density at radius 3 is 2.60 bits per heavy atom. The monoisotopic (exact) mass is 226 g/mol. The predicted octanol–water partition coefficient (Wildman–Crippen LogP) is 2.68. The Morgan fingerprint density at radius 2 is 2.07 bits per heavy atom. The van der Waals surface area contributed by atoms with Crippen LogP contribution < -0.4 is 5.73 Å². The summed E-state index contributed by atoms with van der Waals surface area (Å²) in [7, 11) is 0. The van der Waals surface area contributed by atoms with Crippen molar-refractivity contribution in [1.82, 2.24) is 4.90 Å². The number of nitrogens with zero attached hydrogens (tertiary/aromatic N) is 1. The fourth-order valence-corrected chi connectivity index (χ4v) is 2.10. The van der Waals surface area contributed by atoms with E-state index in [9.17, 15) is 0 Å². The second-order valence-electron chi connectivity index (χ2n) is 3.61. The summed E-state index contributed by atoms with van der Waals surface area (Å²) in [6, 6.07) is 8.31. The molecule has 2 N–H and O–H groups in total. The summed E-state index contributed by atoms with van der Waals surface area (Å²) in [5, 5.41) is 0.834. The van der Waals surface area contributed by atoms with Gasteiger partial charge < -0.3 is 5.73 Å². The largest absolute Gasteiger partial charge is 0.329 e. The molecule has 0 aliphatic rings. The first-order valence-electron chi connectivity index (χ1n) is 5.39. The quantitative estimate of drug-likeness (QED) is 0.837. The van der Waals surface area contributed by atoms with Crippen molar-refractivity contribution in [3.8, 4) is 0 Å². The van der Waals surface area contributed by atoms with Gasteiger partial charge in [0.05, 0.1) is 0 Å². The zero-order chi connectivity index (χ0) is 11.3. The van der Waals surface area contributed by atoms with Crippen LogP contribution in [0.4, 0.5) is 0 Å². The lowest BCUT2D eigenvalue weighted by Gasteiger charge is -2.28. The van der Waals surface area contributed by atoms with Crippen LogP contribution >= 0.6 is 11.6 Å². The first-order valence-corrected chi connectivity index (χ1v) is 5.77. The molecular weight excluding hydrogens is 208 g/mol. The van der Waals surface area contributed by atoms with E-state index in [2.05, 4.69) is 24.8 Å². The summed E-state index contributed by atoms with van der Waals surface area (Å²) < 4.78 is 0. The highest BCUT2D eigenvalue weighted by Crippen LogP contribution is 2.26. The lowest BCUT2D eigenvalue weighted by molar-refractivity contribution is 0.228. The average Bonchev–Trinajstić information content (AvgIpc) is 2.25. The Labute approximate surface area is 97.0 Å². The molecule has 1 rings (SSSR count). The molecule has 15 heavy (non-hydrogen) atoms. The molecule has 0 heterocycles. The van der Waals surface area contributed by atoms with Crippen LogP contribution in [0.15, 0.2) is 24.3 Å². The van der Waals surface area contributed by atoms with E-state index in [4.69, 9.17) is 17.3 Å². The number of rotatable bonds is 5. The molecule has 3 heteroatoms. The summed E-state index contributed by atoms with van der Waals surface area (Å²) in [5.74, 6) is 0. The Kier molecular flexibility index (Phi) is 5.09. The van der Waals surface area contributed by atoms with Crippen molar-refractivity contribution in [2.75, 3.05) is 19.6 Å². The van der Waals surface area contributed by atoms with E-state index in [0.29, 0.717) is 12.6 Å². The minimum absolute atomic E-state index is 0.326. The van der Waals surface area contributed by atoms with Crippen LogP contribution in [-0.4, -0.2) is 24.5 Å². The molecule has 1 atom stereocenters. The molecular formula is C12H19ClN2. The molecule has 0 aromatic heterocycles. The number of hydrogen-bond donors (Lipinski definition) is 1. The minimum Gasteiger partial charge on any atom is -0.329 e. The van der Waals surface area contributed by atoms with Crippen LogP contribution in [-0.2, 0) is 0 Å². The SMILES string of the molecule is CCN(CCN)C(C)c1ccccc1Cl. The first-order chi connectivity index (χ1) is 7.20. The Morgan fingerprint density at radius 1 is 1.40 bits per heavy atom. The second kappa shape index (κ2) is 6.11. The maximum Gasteiger partial charge on any atom is 0.0453 e. The number of hydrogen-bond acceptors (Lipinski definition) is 2. The third-order valence-corrected chi connectivity index (χ3v) is 3.07. The van der Waals surface area contributed by atoms with Crippen LogP contribution in [0.25, 0.3) is 0 Å². The van der Waals surface area contributed by atoms with Crippen molar-refractivity contribution in [3.63, 3.8) is 0 Å². The number of likely N-dealkylation sites (N-methyl/N-ethyl adjacent to an activating group) is 1. The standard InChI is InChI=1S/C12H19ClN2/c1-3-15(9-8-14)10(2)11-6-4-5-7-12(11)13/h4-7,10H,3,8-9,14H2,1-2H3. The molecule has 0 aliphatic heterocycles. The molecule has 0 radical (unpaired) electrons. The Hall–Kier alpha value is -0.570. The van der Waals surface area contributed by atoms with Gasteiger partial charge in [0.1, 0.15) is 0 Å². The molecule has 0 aliphatic carbocycles. The van der Waals surface area contributed by atoms with Gasteiger partial charge >= 0.3 is 0 Å². The number of halogens is 1. The van der Waals surface area contributed by atoms with E-state index in [-0.39, 0.29) is 0 Å². The lowest BCUT2D eigenvalue weighted by Crippen LogP contribution is -2.32. The molecule has 0 bridgehead atoms. The number of nitrogens with two attached hydrogens (primary N) is 1. The Balaban J connectivity index is 2.82. The molecule has 0 spiro atoms. The third kappa shape index (κ3) is 3.20. The molecule has 0 saturated heterocycles. The zero-order valence-electron chi connectivity index (χ0n) is 9.41. The topological polar surface area (TPSA) is 29.3 Å². The molecule has 2 nitrogen and oxygen atoms in total. The number of benzene rings is 1. The summed E-state index contributed by atoms with van der Waals surface area (Å²) in [4.78, 5) is 2.32. The average molecular weight is 227 g/mol. The van der Waals surface area contributed by atoms with Crippen LogP contribution in [0.1, 0.15) is 25.5 Å². The van der Waals surface area contributed by atoms with Gasteiger partial charge in [-0.25, -0.2) is 0 Å². The van der Waals surface area contributed by atoms with Crippen LogP contribution in [0.5, 0.6) is 0 Å². The van der Waals surface area contributed by atoms with Gasteiger partial charge in [0, 0.05) is 24.2 Å². The van der Waals surface area contributed by atoms with Gasteiger partial charge in [-0.3, -0.25) is 4.90 Å². The molecule has 1 unspecified atom stereocenters. The van der Waals surface area contributed by atoms with Crippen LogP contribution in [0.2, 0.25) is 5.02 Å². The summed E-state index contributed by atoms with van der Waals surface area (Å²) >= 11 is 6.16. The highest BCUT2D eigenvalue weighted by atomic mass is 35.5. The van der Waals surface area contributed by atoms with E-state index in [0.717, 1.165) is 18.1 Å². The fraction of sp³-hybridized carbons (Fsp3) is 0.500. The maximum atomic E-state index is 6.16. The van der Waals surface area contributed by atoms with Crippen LogP contribution in [0, 0.1) is 0 Å².